The molecule has 0 heterocycles. The molecule has 1 amide bonds. The Hall–Kier alpha value is -2.48. The summed E-state index contributed by atoms with van der Waals surface area (Å²) in [6.07, 6.45) is 0. The van der Waals surface area contributed by atoms with Gasteiger partial charge in [0.25, 0.3) is 0 Å². The van der Waals surface area contributed by atoms with E-state index in [9.17, 15) is 13.2 Å². The molecule has 0 saturated carbocycles. The number of nitrogens with one attached hydrogen (secondary N) is 1. The standard InChI is InChI=1S/C24H25BrN2O3S/c1-18-3-7-20(8-4-18)15-26-24(28)17-27(16-21-9-11-22(25)12-10-21)31(29,30)23-13-5-19(2)6-14-23/h3-14H,15-17H2,1-2H3,(H,26,28). The lowest BCUT2D eigenvalue weighted by molar-refractivity contribution is -0.121. The normalized spacial score (nSPS) is 11.5. The smallest absolute Gasteiger partial charge is 0.243 e. The number of carbonyl (C=O) groups excluding carboxylic acids is 1. The molecule has 1 N–H and O–H groups in total. The number of halogens is 1. The van der Waals surface area contributed by atoms with Crippen LogP contribution < -0.4 is 5.32 Å². The topological polar surface area (TPSA) is 66.5 Å². The van der Waals surface area contributed by atoms with Gasteiger partial charge in [0.2, 0.25) is 15.9 Å². The van der Waals surface area contributed by atoms with Crippen LogP contribution in [0.1, 0.15) is 22.3 Å². The molecular weight excluding hydrogens is 476 g/mol. The average Bonchev–Trinajstić information content (AvgIpc) is 2.74. The summed E-state index contributed by atoms with van der Waals surface area (Å²) >= 11 is 3.39. The SMILES string of the molecule is Cc1ccc(CNC(=O)CN(Cc2ccc(Br)cc2)S(=O)(=O)c2ccc(C)cc2)cc1. The fourth-order valence-electron chi connectivity index (χ4n) is 3.00. The summed E-state index contributed by atoms with van der Waals surface area (Å²) in [4.78, 5) is 12.8. The summed E-state index contributed by atoms with van der Waals surface area (Å²) in [5.74, 6) is -0.353. The van der Waals surface area contributed by atoms with Gasteiger partial charge in [-0.1, -0.05) is 75.6 Å². The monoisotopic (exact) mass is 500 g/mol. The maximum absolute atomic E-state index is 13.3. The summed E-state index contributed by atoms with van der Waals surface area (Å²) in [5, 5.41) is 2.82. The van der Waals surface area contributed by atoms with Crippen LogP contribution in [0.5, 0.6) is 0 Å². The number of sulfonamides is 1. The Morgan fingerprint density at radius 3 is 1.94 bits per heavy atom. The molecule has 31 heavy (non-hydrogen) atoms. The minimum atomic E-state index is -3.85. The van der Waals surface area contributed by atoms with Gasteiger partial charge in [0.05, 0.1) is 11.4 Å². The van der Waals surface area contributed by atoms with E-state index >= 15 is 0 Å². The molecule has 3 aromatic carbocycles. The molecule has 3 rings (SSSR count). The van der Waals surface area contributed by atoms with Crippen LogP contribution in [0.4, 0.5) is 0 Å². The van der Waals surface area contributed by atoms with Crippen molar-refractivity contribution >= 4 is 31.9 Å². The second kappa shape index (κ2) is 10.2. The van der Waals surface area contributed by atoms with Crippen LogP contribution in [-0.4, -0.2) is 25.2 Å². The Labute approximate surface area is 192 Å². The van der Waals surface area contributed by atoms with Gasteiger partial charge >= 0.3 is 0 Å². The van der Waals surface area contributed by atoms with Gasteiger partial charge in [0.15, 0.2) is 0 Å². The van der Waals surface area contributed by atoms with Crippen molar-refractivity contribution in [2.45, 2.75) is 31.8 Å². The molecule has 0 radical (unpaired) electrons. The molecule has 162 valence electrons. The highest BCUT2D eigenvalue weighted by atomic mass is 79.9. The van der Waals surface area contributed by atoms with E-state index in [1.54, 1.807) is 24.3 Å². The second-order valence-corrected chi connectivity index (χ2v) is 10.3. The molecule has 7 heteroatoms. The van der Waals surface area contributed by atoms with E-state index in [2.05, 4.69) is 21.2 Å². The first kappa shape index (κ1) is 23.2. The van der Waals surface area contributed by atoms with E-state index in [1.165, 1.54) is 4.31 Å². The van der Waals surface area contributed by atoms with E-state index in [0.717, 1.165) is 26.7 Å². The van der Waals surface area contributed by atoms with Crippen LogP contribution in [0.3, 0.4) is 0 Å². The van der Waals surface area contributed by atoms with Crippen molar-refractivity contribution in [1.29, 1.82) is 0 Å². The number of amides is 1. The fraction of sp³-hybridized carbons (Fsp3) is 0.208. The summed E-state index contributed by atoms with van der Waals surface area (Å²) < 4.78 is 28.7. The second-order valence-electron chi connectivity index (χ2n) is 7.47. The van der Waals surface area contributed by atoms with Gasteiger partial charge in [-0.15, -0.1) is 0 Å². The van der Waals surface area contributed by atoms with Crippen molar-refractivity contribution in [3.8, 4) is 0 Å². The van der Waals surface area contributed by atoms with E-state index in [0.29, 0.717) is 6.54 Å². The summed E-state index contributed by atoms with van der Waals surface area (Å²) in [7, 11) is -3.85. The molecule has 0 aliphatic rings. The van der Waals surface area contributed by atoms with Crippen molar-refractivity contribution in [2.75, 3.05) is 6.54 Å². The summed E-state index contributed by atoms with van der Waals surface area (Å²) in [6, 6.07) is 21.9. The van der Waals surface area contributed by atoms with Gasteiger partial charge in [0, 0.05) is 17.6 Å². The largest absolute Gasteiger partial charge is 0.351 e. The number of aryl methyl sites for hydroxylation is 2. The van der Waals surface area contributed by atoms with Crippen molar-refractivity contribution in [1.82, 2.24) is 9.62 Å². The van der Waals surface area contributed by atoms with Crippen molar-refractivity contribution in [3.63, 3.8) is 0 Å². The third-order valence-corrected chi connectivity index (χ3v) is 7.20. The molecule has 0 unspecified atom stereocenters. The minimum absolute atomic E-state index is 0.0987. The third-order valence-electron chi connectivity index (χ3n) is 4.86. The molecule has 0 fully saturated rings. The first-order valence-corrected chi connectivity index (χ1v) is 12.1. The molecule has 3 aromatic rings. The number of hydrogen-bond acceptors (Lipinski definition) is 3. The van der Waals surface area contributed by atoms with Crippen LogP contribution in [0.2, 0.25) is 0 Å². The molecule has 5 nitrogen and oxygen atoms in total. The van der Waals surface area contributed by atoms with Crippen LogP contribution in [0.15, 0.2) is 82.2 Å². The number of benzene rings is 3. The van der Waals surface area contributed by atoms with Crippen LogP contribution >= 0.6 is 15.9 Å². The molecule has 0 aromatic heterocycles. The first-order chi connectivity index (χ1) is 14.7. The zero-order valence-electron chi connectivity index (χ0n) is 17.5. The summed E-state index contributed by atoms with van der Waals surface area (Å²) in [5.41, 5.74) is 3.86. The molecule has 0 aliphatic carbocycles. The van der Waals surface area contributed by atoms with Crippen molar-refractivity contribution < 1.29 is 13.2 Å². The van der Waals surface area contributed by atoms with E-state index in [4.69, 9.17) is 0 Å². The molecule has 0 bridgehead atoms. The van der Waals surface area contributed by atoms with Gasteiger partial charge < -0.3 is 5.32 Å². The molecule has 0 spiro atoms. The third kappa shape index (κ3) is 6.50. The van der Waals surface area contributed by atoms with Crippen LogP contribution in [-0.2, 0) is 27.9 Å². The van der Waals surface area contributed by atoms with Gasteiger partial charge in [0.1, 0.15) is 0 Å². The lowest BCUT2D eigenvalue weighted by atomic mass is 10.1. The number of nitrogens with zero attached hydrogens (tertiary/aromatic N) is 1. The fourth-order valence-corrected chi connectivity index (χ4v) is 4.65. The number of rotatable bonds is 8. The lowest BCUT2D eigenvalue weighted by Crippen LogP contribution is -2.40. The Morgan fingerprint density at radius 1 is 0.839 bits per heavy atom. The highest BCUT2D eigenvalue weighted by molar-refractivity contribution is 9.10. The van der Waals surface area contributed by atoms with E-state index in [-0.39, 0.29) is 23.9 Å². The lowest BCUT2D eigenvalue weighted by Gasteiger charge is -2.22. The van der Waals surface area contributed by atoms with Gasteiger partial charge in [-0.05, 0) is 49.2 Å². The summed E-state index contributed by atoms with van der Waals surface area (Å²) in [6.45, 7) is 4.07. The number of hydrogen-bond donors (Lipinski definition) is 1. The molecule has 0 saturated heterocycles. The van der Waals surface area contributed by atoms with Gasteiger partial charge in [-0.2, -0.15) is 4.31 Å². The van der Waals surface area contributed by atoms with Gasteiger partial charge in [-0.3, -0.25) is 4.79 Å². The average molecular weight is 501 g/mol. The molecular formula is C24H25BrN2O3S. The van der Waals surface area contributed by atoms with Crippen LogP contribution in [0, 0.1) is 13.8 Å². The van der Waals surface area contributed by atoms with Crippen molar-refractivity contribution in [2.24, 2.45) is 0 Å². The Kier molecular flexibility index (Phi) is 7.64. The van der Waals surface area contributed by atoms with E-state index in [1.807, 2.05) is 62.4 Å². The maximum atomic E-state index is 13.3. The predicted octanol–water partition coefficient (Wildman–Crippen LogP) is 4.57. The molecule has 0 aliphatic heterocycles. The first-order valence-electron chi connectivity index (χ1n) is 9.87. The maximum Gasteiger partial charge on any atom is 0.243 e. The predicted molar refractivity (Wildman–Crippen MR) is 126 cm³/mol. The Morgan fingerprint density at radius 2 is 1.35 bits per heavy atom. The van der Waals surface area contributed by atoms with Crippen molar-refractivity contribution in [3.05, 3.63) is 99.5 Å². The zero-order valence-corrected chi connectivity index (χ0v) is 19.9. The molecule has 0 atom stereocenters. The van der Waals surface area contributed by atoms with E-state index < -0.39 is 10.0 Å². The Bertz CT molecular complexity index is 1130. The van der Waals surface area contributed by atoms with Crippen LogP contribution in [0.25, 0.3) is 0 Å². The Balaban J connectivity index is 1.79. The minimum Gasteiger partial charge on any atom is -0.351 e. The highest BCUT2D eigenvalue weighted by Gasteiger charge is 2.27. The van der Waals surface area contributed by atoms with Gasteiger partial charge in [-0.25, -0.2) is 8.42 Å². The quantitative estimate of drug-likeness (QED) is 0.492. The number of carbonyl (C=O) groups is 1. The zero-order chi connectivity index (χ0) is 22.4. The highest BCUT2D eigenvalue weighted by Crippen LogP contribution is 2.20.